The van der Waals surface area contributed by atoms with Crippen molar-refractivity contribution < 1.29 is 29.0 Å². The van der Waals surface area contributed by atoms with Crippen molar-refractivity contribution in [3.05, 3.63) is 71.8 Å². The molecule has 7 nitrogen and oxygen atoms in total. The third kappa shape index (κ3) is 5.83. The number of hydrogen-bond donors (Lipinski definition) is 1. The van der Waals surface area contributed by atoms with Gasteiger partial charge in [-0.1, -0.05) is 60.7 Å². The third-order valence-electron chi connectivity index (χ3n) is 6.12. The number of rotatable bonds is 9. The normalized spacial score (nSPS) is 21.4. The Balaban J connectivity index is 1.95. The summed E-state index contributed by atoms with van der Waals surface area (Å²) in [6, 6.07) is 18.6. The molecule has 1 N–H and O–H groups in total. The molecule has 0 bridgehead atoms. The van der Waals surface area contributed by atoms with Crippen LogP contribution in [-0.2, 0) is 30.5 Å². The van der Waals surface area contributed by atoms with Crippen molar-refractivity contribution in [2.24, 2.45) is 11.3 Å². The molecule has 7 heteroatoms. The number of ether oxygens (including phenoxy) is 2. The van der Waals surface area contributed by atoms with E-state index in [1.807, 2.05) is 67.6 Å². The van der Waals surface area contributed by atoms with Crippen LogP contribution in [0, 0.1) is 11.3 Å². The second kappa shape index (κ2) is 10.4. The van der Waals surface area contributed by atoms with Crippen LogP contribution in [0.2, 0.25) is 0 Å². The molecule has 3 atom stereocenters. The summed E-state index contributed by atoms with van der Waals surface area (Å²) < 4.78 is 11.5. The van der Waals surface area contributed by atoms with Gasteiger partial charge < -0.3 is 19.5 Å². The van der Waals surface area contributed by atoms with Crippen LogP contribution in [0.15, 0.2) is 60.7 Å². The van der Waals surface area contributed by atoms with Crippen molar-refractivity contribution in [2.75, 3.05) is 13.2 Å². The number of carbonyl (C=O) groups excluding carboxylic acids is 2. The summed E-state index contributed by atoms with van der Waals surface area (Å²) >= 11 is 0. The van der Waals surface area contributed by atoms with Crippen LogP contribution >= 0.6 is 0 Å². The van der Waals surface area contributed by atoms with E-state index in [-0.39, 0.29) is 31.7 Å². The molecule has 182 valence electrons. The van der Waals surface area contributed by atoms with E-state index in [1.165, 1.54) is 0 Å². The first-order valence-electron chi connectivity index (χ1n) is 11.5. The zero-order valence-corrected chi connectivity index (χ0v) is 20.2. The van der Waals surface area contributed by atoms with Gasteiger partial charge in [0.1, 0.15) is 11.0 Å². The van der Waals surface area contributed by atoms with Crippen LogP contribution < -0.4 is 0 Å². The quantitative estimate of drug-likeness (QED) is 0.555. The number of carboxylic acids is 1. The van der Waals surface area contributed by atoms with Crippen molar-refractivity contribution in [2.45, 2.75) is 52.4 Å². The summed E-state index contributed by atoms with van der Waals surface area (Å²) in [7, 11) is 0. The predicted molar refractivity (Wildman–Crippen MR) is 127 cm³/mol. The number of aliphatic carboxylic acids is 1. The minimum atomic E-state index is -1.56. The van der Waals surface area contributed by atoms with Gasteiger partial charge in [0.25, 0.3) is 0 Å². The third-order valence-corrected chi connectivity index (χ3v) is 6.12. The maximum Gasteiger partial charge on any atom is 0.315 e. The molecule has 0 aliphatic carbocycles. The Hall–Kier alpha value is -3.19. The minimum Gasteiger partial charge on any atom is -0.481 e. The number of hydrogen-bond acceptors (Lipinski definition) is 5. The molecule has 1 heterocycles. The number of likely N-dealkylation sites (tertiary alicyclic amines) is 1. The molecule has 3 rings (SSSR count). The zero-order chi connectivity index (χ0) is 24.9. The summed E-state index contributed by atoms with van der Waals surface area (Å²) in [4.78, 5) is 40.7. The fraction of sp³-hybridized carbons (Fsp3) is 0.444. The molecular weight excluding hydrogens is 434 g/mol. The monoisotopic (exact) mass is 467 g/mol. The van der Waals surface area contributed by atoms with Crippen LogP contribution in [0.25, 0.3) is 0 Å². The molecule has 0 spiro atoms. The molecule has 1 aliphatic rings. The number of carboxylic acid groups (broad SMARTS) is 1. The van der Waals surface area contributed by atoms with Crippen molar-refractivity contribution in [1.82, 2.24) is 4.90 Å². The molecule has 2 aromatic rings. The summed E-state index contributed by atoms with van der Waals surface area (Å²) in [6.45, 7) is 7.16. The van der Waals surface area contributed by atoms with Gasteiger partial charge in [-0.15, -0.1) is 0 Å². The highest BCUT2D eigenvalue weighted by Crippen LogP contribution is 2.45. The molecule has 1 saturated heterocycles. The Morgan fingerprint density at radius 2 is 1.68 bits per heavy atom. The standard InChI is InChI=1S/C27H33NO6/c1-19(21-13-9-6-10-14-21)28-18-27(15-23(29)30,25(32)34-26(2,3)4)22(24(28)31)17-33-16-20-11-7-5-8-12-20/h5-14,19,22H,15-18H2,1-4H3,(H,29,30)/t19-,22+,27-/m1/s1. The maximum absolute atomic E-state index is 13.7. The summed E-state index contributed by atoms with van der Waals surface area (Å²) in [5.41, 5.74) is -0.575. The Bertz CT molecular complexity index is 1000. The molecule has 0 unspecified atom stereocenters. The van der Waals surface area contributed by atoms with Gasteiger partial charge in [0.15, 0.2) is 0 Å². The largest absolute Gasteiger partial charge is 0.481 e. The Morgan fingerprint density at radius 3 is 2.24 bits per heavy atom. The highest BCUT2D eigenvalue weighted by Gasteiger charge is 2.60. The summed E-state index contributed by atoms with van der Waals surface area (Å²) in [5.74, 6) is -3.14. The fourth-order valence-electron chi connectivity index (χ4n) is 4.38. The van der Waals surface area contributed by atoms with Crippen LogP contribution in [-0.4, -0.2) is 46.6 Å². The first kappa shape index (κ1) is 25.4. The Labute approximate surface area is 200 Å². The van der Waals surface area contributed by atoms with Gasteiger partial charge >= 0.3 is 11.9 Å². The molecule has 0 aromatic heterocycles. The summed E-state index contributed by atoms with van der Waals surface area (Å²) in [6.07, 6.45) is -0.523. The average molecular weight is 468 g/mol. The molecule has 1 aliphatic heterocycles. The van der Waals surface area contributed by atoms with Crippen molar-refractivity contribution in [3.8, 4) is 0 Å². The van der Waals surface area contributed by atoms with Crippen molar-refractivity contribution in [3.63, 3.8) is 0 Å². The lowest BCUT2D eigenvalue weighted by Crippen LogP contribution is -2.46. The summed E-state index contributed by atoms with van der Waals surface area (Å²) in [5, 5.41) is 9.76. The second-order valence-electron chi connectivity index (χ2n) is 9.83. The van der Waals surface area contributed by atoms with Gasteiger partial charge in [0.05, 0.1) is 31.6 Å². The van der Waals surface area contributed by atoms with Crippen LogP contribution in [0.5, 0.6) is 0 Å². The lowest BCUT2D eigenvalue weighted by molar-refractivity contribution is -0.175. The number of esters is 1. The van der Waals surface area contributed by atoms with Gasteiger partial charge in [-0.2, -0.15) is 0 Å². The fourth-order valence-corrected chi connectivity index (χ4v) is 4.38. The first-order chi connectivity index (χ1) is 16.0. The number of benzene rings is 2. The number of amides is 1. The van der Waals surface area contributed by atoms with Crippen LogP contribution in [0.3, 0.4) is 0 Å². The molecule has 1 amide bonds. The van der Waals surface area contributed by atoms with E-state index < -0.39 is 35.3 Å². The zero-order valence-electron chi connectivity index (χ0n) is 20.2. The lowest BCUT2D eigenvalue weighted by atomic mass is 9.75. The van der Waals surface area contributed by atoms with Gasteiger partial charge in [-0.3, -0.25) is 14.4 Å². The smallest absolute Gasteiger partial charge is 0.315 e. The molecule has 34 heavy (non-hydrogen) atoms. The lowest BCUT2D eigenvalue weighted by Gasteiger charge is -2.33. The Morgan fingerprint density at radius 1 is 1.09 bits per heavy atom. The van der Waals surface area contributed by atoms with Gasteiger partial charge in [-0.25, -0.2) is 0 Å². The van der Waals surface area contributed by atoms with Gasteiger partial charge in [-0.05, 0) is 38.8 Å². The first-order valence-corrected chi connectivity index (χ1v) is 11.5. The van der Waals surface area contributed by atoms with Crippen molar-refractivity contribution >= 4 is 17.8 Å². The number of nitrogens with zero attached hydrogens (tertiary/aromatic N) is 1. The van der Waals surface area contributed by atoms with Crippen LogP contribution in [0.1, 0.15) is 51.3 Å². The topological polar surface area (TPSA) is 93.1 Å². The van der Waals surface area contributed by atoms with E-state index in [0.29, 0.717) is 0 Å². The van der Waals surface area contributed by atoms with E-state index >= 15 is 0 Å². The Kier molecular flexibility index (Phi) is 7.77. The van der Waals surface area contributed by atoms with E-state index in [2.05, 4.69) is 0 Å². The van der Waals surface area contributed by atoms with Crippen molar-refractivity contribution in [1.29, 1.82) is 0 Å². The second-order valence-corrected chi connectivity index (χ2v) is 9.83. The predicted octanol–water partition coefficient (Wildman–Crippen LogP) is 4.23. The van der Waals surface area contributed by atoms with Crippen LogP contribution in [0.4, 0.5) is 0 Å². The van der Waals surface area contributed by atoms with E-state index in [4.69, 9.17) is 9.47 Å². The van der Waals surface area contributed by atoms with E-state index in [9.17, 15) is 19.5 Å². The maximum atomic E-state index is 13.7. The van der Waals surface area contributed by atoms with Gasteiger partial charge in [0.2, 0.25) is 5.91 Å². The molecule has 0 radical (unpaired) electrons. The highest BCUT2D eigenvalue weighted by molar-refractivity contribution is 5.95. The molecule has 2 aromatic carbocycles. The van der Waals surface area contributed by atoms with E-state index in [1.54, 1.807) is 25.7 Å². The highest BCUT2D eigenvalue weighted by atomic mass is 16.6. The van der Waals surface area contributed by atoms with E-state index in [0.717, 1.165) is 11.1 Å². The number of carbonyl (C=O) groups is 3. The molecular formula is C27H33NO6. The van der Waals surface area contributed by atoms with Gasteiger partial charge in [0, 0.05) is 6.54 Å². The molecule has 1 fully saturated rings. The average Bonchev–Trinajstić information content (AvgIpc) is 3.05. The molecule has 0 saturated carbocycles. The minimum absolute atomic E-state index is 0.0531. The SMILES string of the molecule is C[C@H](c1ccccc1)N1C[C@@](CC(=O)O)(C(=O)OC(C)(C)C)[C@@H](COCc2ccccc2)C1=O.